The molecule has 0 spiro atoms. The molecule has 12 heavy (non-hydrogen) atoms. The van der Waals surface area contributed by atoms with Gasteiger partial charge in [0, 0.05) is 4.75 Å². The maximum absolute atomic E-state index is 2.29. The molecule has 0 heterocycles. The summed E-state index contributed by atoms with van der Waals surface area (Å²) in [6, 6.07) is 0. The summed E-state index contributed by atoms with van der Waals surface area (Å²) in [6.45, 7) is 9.01. The molecule has 0 radical (unpaired) electrons. The predicted octanol–water partition coefficient (Wildman–Crippen LogP) is 4.26. The summed E-state index contributed by atoms with van der Waals surface area (Å²) >= 11 is 2.06. The molecule has 0 rings (SSSR count). The summed E-state index contributed by atoms with van der Waals surface area (Å²) < 4.78 is 0.439. The number of hydrogen-bond acceptors (Lipinski definition) is 1. The second-order valence-corrected chi connectivity index (χ2v) is 5.90. The van der Waals surface area contributed by atoms with Crippen LogP contribution >= 0.6 is 11.8 Å². The standard InChI is InChI=1S/C11H22S/c1-5-6-7-8-9-10-12-11(2,3)4/h6-7H,5,8-10H2,1-4H3. The van der Waals surface area contributed by atoms with Gasteiger partial charge in [-0.3, -0.25) is 0 Å². The first-order chi connectivity index (χ1) is 5.56. The number of rotatable bonds is 5. The van der Waals surface area contributed by atoms with Gasteiger partial charge < -0.3 is 0 Å². The lowest BCUT2D eigenvalue weighted by atomic mass is 10.3. The van der Waals surface area contributed by atoms with Crippen LogP contribution < -0.4 is 0 Å². The highest BCUT2D eigenvalue weighted by molar-refractivity contribution is 8.00. The lowest BCUT2D eigenvalue weighted by Crippen LogP contribution is -2.07. The van der Waals surface area contributed by atoms with Crippen LogP contribution in [0, 0.1) is 0 Å². The fraction of sp³-hybridized carbons (Fsp3) is 0.818. The van der Waals surface area contributed by atoms with E-state index in [1.165, 1.54) is 25.0 Å². The quantitative estimate of drug-likeness (QED) is 0.456. The van der Waals surface area contributed by atoms with Crippen molar-refractivity contribution in [2.24, 2.45) is 0 Å². The zero-order chi connectivity index (χ0) is 9.45. The Hall–Kier alpha value is 0.0900. The average Bonchev–Trinajstić information content (AvgIpc) is 1.94. The van der Waals surface area contributed by atoms with Crippen LogP contribution in [-0.4, -0.2) is 10.5 Å². The van der Waals surface area contributed by atoms with Crippen molar-refractivity contribution in [1.82, 2.24) is 0 Å². The van der Waals surface area contributed by atoms with Crippen LogP contribution in [0.1, 0.15) is 47.0 Å². The van der Waals surface area contributed by atoms with E-state index in [0.717, 1.165) is 0 Å². The molecule has 0 saturated carbocycles. The van der Waals surface area contributed by atoms with Crippen molar-refractivity contribution >= 4 is 11.8 Å². The molecule has 0 nitrogen and oxygen atoms in total. The molecule has 0 aliphatic rings. The lowest BCUT2D eigenvalue weighted by Gasteiger charge is -2.16. The highest BCUT2D eigenvalue weighted by atomic mass is 32.2. The molecule has 0 aromatic heterocycles. The highest BCUT2D eigenvalue weighted by Gasteiger charge is 2.08. The summed E-state index contributed by atoms with van der Waals surface area (Å²) in [7, 11) is 0. The van der Waals surface area contributed by atoms with Crippen molar-refractivity contribution in [3.63, 3.8) is 0 Å². The smallest absolute Gasteiger partial charge is 0.00750 e. The molecular weight excluding hydrogens is 164 g/mol. The Morgan fingerprint density at radius 2 is 1.83 bits per heavy atom. The first-order valence-corrected chi connectivity index (χ1v) is 5.84. The zero-order valence-corrected chi connectivity index (χ0v) is 9.71. The maximum Gasteiger partial charge on any atom is 0.00750 e. The summed E-state index contributed by atoms with van der Waals surface area (Å²) in [5, 5.41) is 0. The summed E-state index contributed by atoms with van der Waals surface area (Å²) in [5.74, 6) is 1.29. The highest BCUT2D eigenvalue weighted by Crippen LogP contribution is 2.23. The minimum Gasteiger partial charge on any atom is -0.156 e. The molecule has 0 amide bonds. The largest absolute Gasteiger partial charge is 0.156 e. The van der Waals surface area contributed by atoms with E-state index in [-0.39, 0.29) is 0 Å². The molecule has 0 aliphatic carbocycles. The SMILES string of the molecule is CCC=CCCCSC(C)(C)C. The molecule has 72 valence electrons. The van der Waals surface area contributed by atoms with E-state index in [9.17, 15) is 0 Å². The van der Waals surface area contributed by atoms with Crippen LogP contribution in [0.4, 0.5) is 0 Å². The third-order valence-electron chi connectivity index (χ3n) is 1.45. The van der Waals surface area contributed by atoms with Crippen LogP contribution in [0.3, 0.4) is 0 Å². The first kappa shape index (κ1) is 12.1. The Morgan fingerprint density at radius 3 is 2.33 bits per heavy atom. The van der Waals surface area contributed by atoms with Gasteiger partial charge in [-0.25, -0.2) is 0 Å². The average molecular weight is 186 g/mol. The predicted molar refractivity (Wildman–Crippen MR) is 60.9 cm³/mol. The van der Waals surface area contributed by atoms with E-state index >= 15 is 0 Å². The van der Waals surface area contributed by atoms with Gasteiger partial charge in [-0.2, -0.15) is 11.8 Å². The van der Waals surface area contributed by atoms with E-state index in [0.29, 0.717) is 4.75 Å². The van der Waals surface area contributed by atoms with Gasteiger partial charge in [0.25, 0.3) is 0 Å². The van der Waals surface area contributed by atoms with Crippen LogP contribution in [-0.2, 0) is 0 Å². The van der Waals surface area contributed by atoms with Gasteiger partial charge in [-0.1, -0.05) is 39.8 Å². The molecule has 0 aliphatic heterocycles. The minimum atomic E-state index is 0.439. The van der Waals surface area contributed by atoms with Crippen LogP contribution in [0.25, 0.3) is 0 Å². The topological polar surface area (TPSA) is 0 Å². The van der Waals surface area contributed by atoms with Gasteiger partial charge in [0.05, 0.1) is 0 Å². The van der Waals surface area contributed by atoms with Gasteiger partial charge in [0.1, 0.15) is 0 Å². The fourth-order valence-electron chi connectivity index (χ4n) is 0.864. The molecule has 0 N–H and O–H groups in total. The van der Waals surface area contributed by atoms with Crippen LogP contribution in [0.15, 0.2) is 12.2 Å². The van der Waals surface area contributed by atoms with E-state index < -0.39 is 0 Å². The monoisotopic (exact) mass is 186 g/mol. The van der Waals surface area contributed by atoms with E-state index in [4.69, 9.17) is 0 Å². The third kappa shape index (κ3) is 10.1. The van der Waals surface area contributed by atoms with Gasteiger partial charge in [0.2, 0.25) is 0 Å². The second kappa shape index (κ2) is 6.59. The van der Waals surface area contributed by atoms with Crippen LogP contribution in [0.2, 0.25) is 0 Å². The maximum atomic E-state index is 2.29. The molecule has 0 fully saturated rings. The number of allylic oxidation sites excluding steroid dienone is 2. The third-order valence-corrected chi connectivity index (χ3v) is 2.81. The number of hydrogen-bond donors (Lipinski definition) is 0. The summed E-state index contributed by atoms with van der Waals surface area (Å²) in [5.41, 5.74) is 0. The molecular formula is C11H22S. The molecule has 0 saturated heterocycles. The summed E-state index contributed by atoms with van der Waals surface area (Å²) in [4.78, 5) is 0. The second-order valence-electron chi connectivity index (χ2n) is 3.98. The Kier molecular flexibility index (Phi) is 6.64. The summed E-state index contributed by atoms with van der Waals surface area (Å²) in [6.07, 6.45) is 8.28. The van der Waals surface area contributed by atoms with Crippen molar-refractivity contribution in [1.29, 1.82) is 0 Å². The van der Waals surface area contributed by atoms with Gasteiger partial charge >= 0.3 is 0 Å². The van der Waals surface area contributed by atoms with Gasteiger partial charge in [-0.05, 0) is 25.0 Å². The number of thioether (sulfide) groups is 1. The fourth-order valence-corrected chi connectivity index (χ4v) is 1.79. The molecule has 0 aromatic rings. The Balaban J connectivity index is 3.17. The molecule has 0 unspecified atom stereocenters. The van der Waals surface area contributed by atoms with Crippen molar-refractivity contribution in [2.75, 3.05) is 5.75 Å². The van der Waals surface area contributed by atoms with Crippen molar-refractivity contribution in [3.05, 3.63) is 12.2 Å². The Bertz CT molecular complexity index is 119. The zero-order valence-electron chi connectivity index (χ0n) is 8.89. The molecule has 0 aromatic carbocycles. The van der Waals surface area contributed by atoms with Crippen molar-refractivity contribution < 1.29 is 0 Å². The molecule has 1 heteroatoms. The Labute approximate surface area is 81.8 Å². The van der Waals surface area contributed by atoms with Crippen LogP contribution in [0.5, 0.6) is 0 Å². The van der Waals surface area contributed by atoms with E-state index in [2.05, 4.69) is 51.6 Å². The van der Waals surface area contributed by atoms with Crippen molar-refractivity contribution in [2.45, 2.75) is 51.7 Å². The minimum absolute atomic E-state index is 0.439. The van der Waals surface area contributed by atoms with E-state index in [1.54, 1.807) is 0 Å². The van der Waals surface area contributed by atoms with E-state index in [1.807, 2.05) is 0 Å². The van der Waals surface area contributed by atoms with Crippen molar-refractivity contribution in [3.8, 4) is 0 Å². The molecule has 0 atom stereocenters. The number of unbranched alkanes of at least 4 members (excludes halogenated alkanes) is 1. The Morgan fingerprint density at radius 1 is 1.17 bits per heavy atom. The first-order valence-electron chi connectivity index (χ1n) is 4.85. The van der Waals surface area contributed by atoms with Gasteiger partial charge in [-0.15, -0.1) is 0 Å². The van der Waals surface area contributed by atoms with Gasteiger partial charge in [0.15, 0.2) is 0 Å². The normalized spacial score (nSPS) is 12.7. The lowest BCUT2D eigenvalue weighted by molar-refractivity contribution is 0.798. The molecule has 0 bridgehead atoms.